The number of nitrogens with one attached hydrogen (secondary N) is 1. The van der Waals surface area contributed by atoms with Gasteiger partial charge in [-0.1, -0.05) is 26.0 Å². The van der Waals surface area contributed by atoms with E-state index in [0.29, 0.717) is 11.9 Å². The first-order valence-electron chi connectivity index (χ1n) is 9.18. The number of aromatic amines is 1. The number of hydrogen-bond acceptors (Lipinski definition) is 5. The van der Waals surface area contributed by atoms with Gasteiger partial charge in [0.05, 0.1) is 23.0 Å². The van der Waals surface area contributed by atoms with Crippen molar-refractivity contribution in [2.75, 3.05) is 32.7 Å². The highest BCUT2D eigenvalue weighted by atomic mass is 16.3. The largest absolute Gasteiger partial charge is 0.389 e. The molecule has 3 rings (SSSR count). The van der Waals surface area contributed by atoms with Crippen LogP contribution in [0.25, 0.3) is 10.9 Å². The first kappa shape index (κ1) is 18.0. The minimum Gasteiger partial charge on any atom is -0.389 e. The van der Waals surface area contributed by atoms with Crippen LogP contribution in [-0.2, 0) is 6.54 Å². The van der Waals surface area contributed by atoms with Crippen molar-refractivity contribution < 1.29 is 5.11 Å². The summed E-state index contributed by atoms with van der Waals surface area (Å²) >= 11 is 0. The third-order valence-corrected chi connectivity index (χ3v) is 5.33. The van der Waals surface area contributed by atoms with Crippen LogP contribution in [0.4, 0.5) is 0 Å². The molecular weight excluding hydrogens is 316 g/mol. The predicted molar refractivity (Wildman–Crippen MR) is 99.6 cm³/mol. The second-order valence-corrected chi connectivity index (χ2v) is 7.01. The number of rotatable bonds is 6. The predicted octanol–water partition coefficient (Wildman–Crippen LogP) is 1.59. The lowest BCUT2D eigenvalue weighted by molar-refractivity contribution is -0.0163. The van der Waals surface area contributed by atoms with Crippen LogP contribution in [0.3, 0.4) is 0 Å². The lowest BCUT2D eigenvalue weighted by atomic mass is 9.96. The van der Waals surface area contributed by atoms with Crippen LogP contribution in [0.15, 0.2) is 29.1 Å². The van der Waals surface area contributed by atoms with Crippen molar-refractivity contribution in [3.05, 3.63) is 40.4 Å². The van der Waals surface area contributed by atoms with Crippen molar-refractivity contribution in [1.29, 1.82) is 0 Å². The van der Waals surface area contributed by atoms with Gasteiger partial charge in [0.25, 0.3) is 5.56 Å². The molecule has 2 N–H and O–H groups in total. The second-order valence-electron chi connectivity index (χ2n) is 7.01. The van der Waals surface area contributed by atoms with Gasteiger partial charge < -0.3 is 10.1 Å². The van der Waals surface area contributed by atoms with Crippen molar-refractivity contribution in [1.82, 2.24) is 19.8 Å². The first-order valence-corrected chi connectivity index (χ1v) is 9.18. The van der Waals surface area contributed by atoms with E-state index in [1.165, 1.54) is 0 Å². The summed E-state index contributed by atoms with van der Waals surface area (Å²) in [4.78, 5) is 24.3. The number of aliphatic hydroxyl groups is 1. The van der Waals surface area contributed by atoms with E-state index in [4.69, 9.17) is 0 Å². The second kappa shape index (κ2) is 7.64. The summed E-state index contributed by atoms with van der Waals surface area (Å²) in [6.45, 7) is 9.17. The molecule has 6 nitrogen and oxygen atoms in total. The van der Waals surface area contributed by atoms with Gasteiger partial charge >= 0.3 is 0 Å². The van der Waals surface area contributed by atoms with Crippen LogP contribution in [0.5, 0.6) is 0 Å². The molecule has 25 heavy (non-hydrogen) atoms. The Balaban J connectivity index is 1.60. The van der Waals surface area contributed by atoms with Crippen LogP contribution in [-0.4, -0.2) is 63.2 Å². The molecule has 0 radical (unpaired) electrons. The molecule has 1 aromatic carbocycles. The van der Waals surface area contributed by atoms with E-state index >= 15 is 0 Å². The zero-order valence-electron chi connectivity index (χ0n) is 15.2. The van der Waals surface area contributed by atoms with Crippen molar-refractivity contribution in [2.24, 2.45) is 0 Å². The number of para-hydroxylation sites is 1. The molecule has 0 aliphatic carbocycles. The minimum absolute atomic E-state index is 0.0739. The number of nitrogens with zero attached hydrogens (tertiary/aromatic N) is 3. The molecule has 0 bridgehead atoms. The summed E-state index contributed by atoms with van der Waals surface area (Å²) in [5.74, 6) is 0.718. The molecule has 0 atom stereocenters. The standard InChI is InChI=1S/C19H28N4O2/c1-3-19(25,4-2)14-23-11-9-22(10-12-23)13-17-20-16-8-6-5-7-15(16)18(24)21-17/h5-8,25H,3-4,9-14H2,1-2H3,(H,20,21,24). The molecule has 0 amide bonds. The maximum absolute atomic E-state index is 12.2. The van der Waals surface area contributed by atoms with E-state index in [0.717, 1.165) is 56.9 Å². The van der Waals surface area contributed by atoms with Crippen LogP contribution in [0.2, 0.25) is 0 Å². The Labute approximate surface area is 148 Å². The fraction of sp³-hybridized carbons (Fsp3) is 0.579. The fourth-order valence-electron chi connectivity index (χ4n) is 3.42. The molecule has 1 aliphatic rings. The van der Waals surface area contributed by atoms with Crippen molar-refractivity contribution in [3.63, 3.8) is 0 Å². The third-order valence-electron chi connectivity index (χ3n) is 5.33. The summed E-state index contributed by atoms with van der Waals surface area (Å²) in [6, 6.07) is 7.43. The smallest absolute Gasteiger partial charge is 0.258 e. The van der Waals surface area contributed by atoms with E-state index < -0.39 is 5.60 Å². The van der Waals surface area contributed by atoms with Gasteiger partial charge in [0.2, 0.25) is 0 Å². The molecule has 2 aromatic rings. The van der Waals surface area contributed by atoms with Crippen molar-refractivity contribution >= 4 is 10.9 Å². The molecule has 1 aromatic heterocycles. The topological polar surface area (TPSA) is 72.5 Å². The highest BCUT2D eigenvalue weighted by Crippen LogP contribution is 2.18. The average molecular weight is 344 g/mol. The Morgan fingerprint density at radius 2 is 1.76 bits per heavy atom. The summed E-state index contributed by atoms with van der Waals surface area (Å²) in [7, 11) is 0. The number of H-pyrrole nitrogens is 1. The highest BCUT2D eigenvalue weighted by Gasteiger charge is 2.27. The molecule has 1 fully saturated rings. The van der Waals surface area contributed by atoms with Gasteiger partial charge in [-0.3, -0.25) is 14.6 Å². The van der Waals surface area contributed by atoms with Crippen molar-refractivity contribution in [3.8, 4) is 0 Å². The van der Waals surface area contributed by atoms with Gasteiger partial charge in [-0.25, -0.2) is 4.98 Å². The van der Waals surface area contributed by atoms with E-state index in [1.54, 1.807) is 6.07 Å². The quantitative estimate of drug-likeness (QED) is 0.833. The normalized spacial score (nSPS) is 17.2. The van der Waals surface area contributed by atoms with Gasteiger partial charge in [-0.05, 0) is 25.0 Å². The summed E-state index contributed by atoms with van der Waals surface area (Å²) in [6.07, 6.45) is 1.57. The highest BCUT2D eigenvalue weighted by molar-refractivity contribution is 5.77. The number of aromatic nitrogens is 2. The fourth-order valence-corrected chi connectivity index (χ4v) is 3.42. The number of piperazine rings is 1. The Hall–Kier alpha value is -1.76. The Kier molecular flexibility index (Phi) is 5.51. The van der Waals surface area contributed by atoms with Gasteiger partial charge in [0.15, 0.2) is 0 Å². The van der Waals surface area contributed by atoms with Crippen LogP contribution >= 0.6 is 0 Å². The zero-order chi connectivity index (χ0) is 17.9. The SMILES string of the molecule is CCC(O)(CC)CN1CCN(Cc2nc3ccccc3c(=O)[nH]2)CC1. The Morgan fingerprint density at radius 1 is 1.12 bits per heavy atom. The number of benzene rings is 1. The van der Waals surface area contributed by atoms with E-state index in [-0.39, 0.29) is 5.56 Å². The molecule has 0 saturated carbocycles. The van der Waals surface area contributed by atoms with Gasteiger partial charge in [0, 0.05) is 32.7 Å². The monoisotopic (exact) mass is 344 g/mol. The average Bonchev–Trinajstić information content (AvgIpc) is 2.63. The van der Waals surface area contributed by atoms with Crippen molar-refractivity contribution in [2.45, 2.75) is 38.8 Å². The van der Waals surface area contributed by atoms with E-state index in [1.807, 2.05) is 32.0 Å². The zero-order valence-corrected chi connectivity index (χ0v) is 15.2. The number of hydrogen-bond donors (Lipinski definition) is 2. The molecule has 1 aliphatic heterocycles. The molecule has 6 heteroatoms. The summed E-state index contributed by atoms with van der Waals surface area (Å²) in [5.41, 5.74) is 0.0962. The summed E-state index contributed by atoms with van der Waals surface area (Å²) in [5, 5.41) is 11.1. The molecule has 136 valence electrons. The Morgan fingerprint density at radius 3 is 2.44 bits per heavy atom. The maximum atomic E-state index is 12.2. The lowest BCUT2D eigenvalue weighted by Crippen LogP contribution is -2.51. The molecule has 0 unspecified atom stereocenters. The number of fused-ring (bicyclic) bond motifs is 1. The molecule has 0 spiro atoms. The first-order chi connectivity index (χ1) is 12.0. The lowest BCUT2D eigenvalue weighted by Gasteiger charge is -2.38. The number of β-amino-alcohol motifs (C(OH)–C–C–N with tert-alkyl or cyclic N) is 1. The van der Waals surface area contributed by atoms with Crippen LogP contribution in [0, 0.1) is 0 Å². The van der Waals surface area contributed by atoms with Crippen LogP contribution < -0.4 is 5.56 Å². The molecule has 2 heterocycles. The molecular formula is C19H28N4O2. The minimum atomic E-state index is -0.576. The van der Waals surface area contributed by atoms with Gasteiger partial charge in [0.1, 0.15) is 5.82 Å². The van der Waals surface area contributed by atoms with Gasteiger partial charge in [-0.2, -0.15) is 0 Å². The van der Waals surface area contributed by atoms with Gasteiger partial charge in [-0.15, -0.1) is 0 Å². The summed E-state index contributed by atoms with van der Waals surface area (Å²) < 4.78 is 0. The molecule has 1 saturated heterocycles. The maximum Gasteiger partial charge on any atom is 0.258 e. The van der Waals surface area contributed by atoms with E-state index in [9.17, 15) is 9.90 Å². The van der Waals surface area contributed by atoms with Crippen LogP contribution in [0.1, 0.15) is 32.5 Å². The Bertz CT molecular complexity index is 761. The third kappa shape index (κ3) is 4.26. The van der Waals surface area contributed by atoms with E-state index in [2.05, 4.69) is 19.8 Å².